The van der Waals surface area contributed by atoms with Crippen molar-refractivity contribution in [1.29, 1.82) is 0 Å². The van der Waals surface area contributed by atoms with Crippen LogP contribution in [0.4, 0.5) is 0 Å². The second kappa shape index (κ2) is 7.54. The van der Waals surface area contributed by atoms with Gasteiger partial charge in [-0.1, -0.05) is 35.0 Å². The van der Waals surface area contributed by atoms with Gasteiger partial charge in [0.05, 0.1) is 38.7 Å². The molecule has 1 aromatic carbocycles. The average molecular weight is 337 g/mol. The topological polar surface area (TPSA) is 78.3 Å². The molecule has 0 radical (unpaired) electrons. The Morgan fingerprint density at radius 3 is 3.04 bits per heavy atom. The van der Waals surface area contributed by atoms with Crippen molar-refractivity contribution in [3.05, 3.63) is 46.7 Å². The highest BCUT2D eigenvalue weighted by Crippen LogP contribution is 2.15. The van der Waals surface area contributed by atoms with E-state index in [9.17, 15) is 4.79 Å². The lowest BCUT2D eigenvalue weighted by Crippen LogP contribution is -2.39. The maximum absolute atomic E-state index is 12.1. The Balaban J connectivity index is 1.55. The molecule has 0 bridgehead atoms. The summed E-state index contributed by atoms with van der Waals surface area (Å²) < 4.78 is 12.3. The van der Waals surface area contributed by atoms with Crippen molar-refractivity contribution in [2.75, 3.05) is 26.4 Å². The number of halogens is 1. The van der Waals surface area contributed by atoms with E-state index in [-0.39, 0.29) is 17.7 Å². The fourth-order valence-corrected chi connectivity index (χ4v) is 2.43. The molecule has 1 saturated heterocycles. The van der Waals surface area contributed by atoms with E-state index in [0.717, 1.165) is 5.56 Å². The number of carbonyl (C=O) groups excluding carboxylic acids is 1. The number of hydrogen-bond acceptors (Lipinski definition) is 5. The Morgan fingerprint density at radius 1 is 1.39 bits per heavy atom. The van der Waals surface area contributed by atoms with Crippen molar-refractivity contribution in [3.8, 4) is 0 Å². The molecular formula is C15H17ClN4O3. The fourth-order valence-electron chi connectivity index (χ4n) is 2.23. The van der Waals surface area contributed by atoms with Gasteiger partial charge in [0.15, 0.2) is 5.69 Å². The third kappa shape index (κ3) is 4.28. The summed E-state index contributed by atoms with van der Waals surface area (Å²) in [6, 6.07) is 7.49. The summed E-state index contributed by atoms with van der Waals surface area (Å²) in [6.45, 7) is 2.48. The lowest BCUT2D eigenvalue weighted by atomic mass is 10.2. The van der Waals surface area contributed by atoms with Gasteiger partial charge in [0.1, 0.15) is 0 Å². The molecule has 23 heavy (non-hydrogen) atoms. The number of aromatic nitrogens is 3. The quantitative estimate of drug-likeness (QED) is 0.885. The molecule has 2 aromatic rings. The molecule has 0 spiro atoms. The summed E-state index contributed by atoms with van der Waals surface area (Å²) in [5.74, 6) is -0.287. The van der Waals surface area contributed by atoms with Gasteiger partial charge < -0.3 is 14.8 Å². The van der Waals surface area contributed by atoms with Crippen LogP contribution >= 0.6 is 11.6 Å². The highest BCUT2D eigenvalue weighted by molar-refractivity contribution is 6.31. The molecule has 1 unspecified atom stereocenters. The van der Waals surface area contributed by atoms with Crippen molar-refractivity contribution in [1.82, 2.24) is 20.3 Å². The molecule has 1 N–H and O–H groups in total. The van der Waals surface area contributed by atoms with Crippen LogP contribution in [0.15, 0.2) is 30.5 Å². The third-order valence-electron chi connectivity index (χ3n) is 3.44. The molecule has 7 nitrogen and oxygen atoms in total. The van der Waals surface area contributed by atoms with Gasteiger partial charge in [0.25, 0.3) is 5.91 Å². The number of nitrogens with zero attached hydrogens (tertiary/aromatic N) is 3. The van der Waals surface area contributed by atoms with Crippen LogP contribution < -0.4 is 5.32 Å². The summed E-state index contributed by atoms with van der Waals surface area (Å²) in [5.41, 5.74) is 1.17. The molecule has 1 aliphatic heterocycles. The second-order valence-electron chi connectivity index (χ2n) is 5.17. The molecule has 0 aliphatic carbocycles. The molecule has 122 valence electrons. The summed E-state index contributed by atoms with van der Waals surface area (Å²) in [6.07, 6.45) is 1.47. The van der Waals surface area contributed by atoms with Gasteiger partial charge in [0.2, 0.25) is 0 Å². The maximum Gasteiger partial charge on any atom is 0.273 e. The van der Waals surface area contributed by atoms with E-state index in [1.807, 2.05) is 24.3 Å². The molecule has 3 rings (SSSR count). The lowest BCUT2D eigenvalue weighted by Gasteiger charge is -2.22. The molecule has 1 aromatic heterocycles. The lowest BCUT2D eigenvalue weighted by molar-refractivity contribution is -0.0855. The van der Waals surface area contributed by atoms with E-state index in [4.69, 9.17) is 21.1 Å². The molecule has 1 aliphatic rings. The number of ether oxygens (including phenoxy) is 2. The predicted molar refractivity (Wildman–Crippen MR) is 83.5 cm³/mol. The SMILES string of the molecule is O=C(NCC1COCCO1)c1cn(Cc2ccccc2Cl)nn1. The van der Waals surface area contributed by atoms with E-state index in [2.05, 4.69) is 15.6 Å². The van der Waals surface area contributed by atoms with Gasteiger partial charge in [-0.25, -0.2) is 4.68 Å². The zero-order valence-corrected chi connectivity index (χ0v) is 13.2. The Labute approximate surface area is 138 Å². The standard InChI is InChI=1S/C15H17ClN4O3/c16-13-4-2-1-3-11(13)8-20-9-14(18-19-20)15(21)17-7-12-10-22-5-6-23-12/h1-4,9,12H,5-8,10H2,(H,17,21). The average Bonchev–Trinajstić information content (AvgIpc) is 3.04. The van der Waals surface area contributed by atoms with E-state index >= 15 is 0 Å². The monoisotopic (exact) mass is 336 g/mol. The van der Waals surface area contributed by atoms with Crippen LogP contribution in [0.25, 0.3) is 0 Å². The first-order chi connectivity index (χ1) is 11.2. The molecule has 1 atom stereocenters. The number of rotatable bonds is 5. The Kier molecular flexibility index (Phi) is 5.22. The van der Waals surface area contributed by atoms with Crippen LogP contribution in [0.3, 0.4) is 0 Å². The highest BCUT2D eigenvalue weighted by atomic mass is 35.5. The minimum absolute atomic E-state index is 0.120. The summed E-state index contributed by atoms with van der Waals surface area (Å²) in [4.78, 5) is 12.1. The number of benzene rings is 1. The first-order valence-corrected chi connectivity index (χ1v) is 7.71. The predicted octanol–water partition coefficient (Wildman–Crippen LogP) is 1.12. The first kappa shape index (κ1) is 15.9. The minimum atomic E-state index is -0.287. The van der Waals surface area contributed by atoms with Crippen LogP contribution in [-0.4, -0.2) is 53.4 Å². The number of hydrogen-bond donors (Lipinski definition) is 1. The highest BCUT2D eigenvalue weighted by Gasteiger charge is 2.17. The van der Waals surface area contributed by atoms with Crippen molar-refractivity contribution in [2.45, 2.75) is 12.6 Å². The van der Waals surface area contributed by atoms with Crippen molar-refractivity contribution in [3.63, 3.8) is 0 Å². The normalized spacial score (nSPS) is 17.9. The van der Waals surface area contributed by atoms with Gasteiger partial charge >= 0.3 is 0 Å². The van der Waals surface area contributed by atoms with Crippen LogP contribution in [0.5, 0.6) is 0 Å². The van der Waals surface area contributed by atoms with E-state index in [1.165, 1.54) is 0 Å². The zero-order chi connectivity index (χ0) is 16.1. The Morgan fingerprint density at radius 2 is 2.26 bits per heavy atom. The Hall–Kier alpha value is -1.96. The van der Waals surface area contributed by atoms with Crippen molar-refractivity contribution < 1.29 is 14.3 Å². The van der Waals surface area contributed by atoms with Crippen LogP contribution in [-0.2, 0) is 16.0 Å². The number of nitrogens with one attached hydrogen (secondary N) is 1. The van der Waals surface area contributed by atoms with Gasteiger partial charge in [-0.3, -0.25) is 4.79 Å². The summed E-state index contributed by atoms with van der Waals surface area (Å²) >= 11 is 6.11. The van der Waals surface area contributed by atoms with Gasteiger partial charge in [-0.05, 0) is 11.6 Å². The molecule has 1 fully saturated rings. The van der Waals surface area contributed by atoms with Crippen LogP contribution in [0.1, 0.15) is 16.1 Å². The molecule has 1 amide bonds. The Bertz CT molecular complexity index is 670. The van der Waals surface area contributed by atoms with Crippen molar-refractivity contribution >= 4 is 17.5 Å². The van der Waals surface area contributed by atoms with Crippen molar-refractivity contribution in [2.24, 2.45) is 0 Å². The van der Waals surface area contributed by atoms with Crippen LogP contribution in [0, 0.1) is 0 Å². The van der Waals surface area contributed by atoms with E-state index in [1.54, 1.807) is 10.9 Å². The number of amides is 1. The second-order valence-corrected chi connectivity index (χ2v) is 5.58. The molecule has 8 heteroatoms. The smallest absolute Gasteiger partial charge is 0.273 e. The molecule has 2 heterocycles. The zero-order valence-electron chi connectivity index (χ0n) is 12.4. The molecular weight excluding hydrogens is 320 g/mol. The largest absolute Gasteiger partial charge is 0.376 e. The minimum Gasteiger partial charge on any atom is -0.376 e. The van der Waals surface area contributed by atoms with Gasteiger partial charge in [-0.15, -0.1) is 5.10 Å². The number of carbonyl (C=O) groups is 1. The van der Waals surface area contributed by atoms with Crippen LogP contribution in [0.2, 0.25) is 5.02 Å². The van der Waals surface area contributed by atoms with E-state index < -0.39 is 0 Å². The van der Waals surface area contributed by atoms with Gasteiger partial charge in [-0.2, -0.15) is 0 Å². The summed E-state index contributed by atoms with van der Waals surface area (Å²) in [7, 11) is 0. The van der Waals surface area contributed by atoms with E-state index in [0.29, 0.717) is 37.9 Å². The fraction of sp³-hybridized carbons (Fsp3) is 0.400. The third-order valence-corrected chi connectivity index (χ3v) is 3.81. The maximum atomic E-state index is 12.1. The molecule has 0 saturated carbocycles. The summed E-state index contributed by atoms with van der Waals surface area (Å²) in [5, 5.41) is 11.3. The first-order valence-electron chi connectivity index (χ1n) is 7.33. The van der Waals surface area contributed by atoms with Gasteiger partial charge in [0, 0.05) is 11.6 Å².